The summed E-state index contributed by atoms with van der Waals surface area (Å²) in [5.74, 6) is -1.74. The summed E-state index contributed by atoms with van der Waals surface area (Å²) < 4.78 is 46.5. The number of aliphatic hydroxyl groups excluding tert-OH is 1. The number of halogens is 4. The largest absolute Gasteiger partial charge is 0.522 e. The van der Waals surface area contributed by atoms with E-state index in [1.807, 2.05) is 0 Å². The topological polar surface area (TPSA) is 118 Å². The third kappa shape index (κ3) is 4.71. The molecule has 1 aromatic heterocycles. The fourth-order valence-electron chi connectivity index (χ4n) is 5.62. The summed E-state index contributed by atoms with van der Waals surface area (Å²) in [7, 11) is 0. The molecule has 36 heavy (non-hydrogen) atoms. The molecule has 0 unspecified atom stereocenters. The minimum absolute atomic E-state index is 0.0271. The van der Waals surface area contributed by atoms with Crippen molar-refractivity contribution in [2.45, 2.75) is 74.6 Å². The predicted octanol–water partition coefficient (Wildman–Crippen LogP) is 3.42. The van der Waals surface area contributed by atoms with Crippen molar-refractivity contribution < 1.29 is 37.0 Å². The summed E-state index contributed by atoms with van der Waals surface area (Å²) in [4.78, 5) is 38.1. The van der Waals surface area contributed by atoms with Gasteiger partial charge >= 0.3 is 6.36 Å². The minimum Gasteiger partial charge on any atom is -0.451 e. The fraction of sp³-hybridized carbons (Fsp3) is 0.542. The maximum Gasteiger partial charge on any atom is 0.522 e. The number of hydrogen-bond acceptors (Lipinski definition) is 6. The van der Waals surface area contributed by atoms with Crippen molar-refractivity contribution >= 4 is 34.4 Å². The molecular weight excluding hydrogens is 505 g/mol. The number of aliphatic hydroxyl groups is 1. The molecule has 0 aliphatic heterocycles. The quantitative estimate of drug-likeness (QED) is 0.547. The minimum atomic E-state index is -4.73. The number of amides is 2. The van der Waals surface area contributed by atoms with Crippen molar-refractivity contribution in [2.24, 2.45) is 5.92 Å². The first-order valence-corrected chi connectivity index (χ1v) is 12.1. The zero-order chi connectivity index (χ0) is 25.9. The van der Waals surface area contributed by atoms with Gasteiger partial charge in [0.15, 0.2) is 11.2 Å². The molecule has 1 heterocycles. The van der Waals surface area contributed by atoms with Crippen molar-refractivity contribution in [3.05, 3.63) is 45.3 Å². The van der Waals surface area contributed by atoms with E-state index in [9.17, 15) is 32.7 Å². The molecule has 194 valence electrons. The highest BCUT2D eigenvalue weighted by Crippen LogP contribution is 2.48. The Kier molecular flexibility index (Phi) is 6.08. The van der Waals surface area contributed by atoms with E-state index in [-0.39, 0.29) is 36.0 Å². The van der Waals surface area contributed by atoms with Crippen LogP contribution in [0.3, 0.4) is 0 Å². The lowest BCUT2D eigenvalue weighted by atomic mass is 9.59. The van der Waals surface area contributed by atoms with Gasteiger partial charge in [0.2, 0.25) is 5.91 Å². The molecule has 1 aromatic carbocycles. The molecular formula is C24H24ClF3N2O6. The molecule has 8 nitrogen and oxygen atoms in total. The fourth-order valence-corrected chi connectivity index (χ4v) is 5.79. The van der Waals surface area contributed by atoms with Crippen LogP contribution in [0.1, 0.15) is 55.5 Å². The zero-order valence-electron chi connectivity index (χ0n) is 19.0. The number of benzene rings is 1. The van der Waals surface area contributed by atoms with Crippen molar-refractivity contribution in [3.8, 4) is 0 Å². The van der Waals surface area contributed by atoms with E-state index in [0.717, 1.165) is 6.07 Å². The van der Waals surface area contributed by atoms with Crippen LogP contribution in [-0.2, 0) is 9.53 Å². The first-order valence-electron chi connectivity index (χ1n) is 11.7. The van der Waals surface area contributed by atoms with Crippen LogP contribution in [-0.4, -0.2) is 46.6 Å². The van der Waals surface area contributed by atoms with E-state index in [1.54, 1.807) is 6.07 Å². The summed E-state index contributed by atoms with van der Waals surface area (Å²) in [6.45, 7) is 0. The summed E-state index contributed by atoms with van der Waals surface area (Å²) in [6.07, 6.45) is -4.90. The molecule has 0 saturated heterocycles. The second-order valence-corrected chi connectivity index (χ2v) is 10.5. The third-order valence-corrected chi connectivity index (χ3v) is 7.99. The second-order valence-electron chi connectivity index (χ2n) is 10.1. The molecule has 1 atom stereocenters. The maximum absolute atomic E-state index is 13.0. The SMILES string of the molecule is O=C(NC12CCC(NC(=O)C3CC(OC(F)(F)F)C3)(CC1)[C@@H](O)C2)c1cc(=O)c2cc(Cl)ccc2o1. The van der Waals surface area contributed by atoms with Gasteiger partial charge in [0.1, 0.15) is 5.58 Å². The van der Waals surface area contributed by atoms with Gasteiger partial charge in [0, 0.05) is 22.5 Å². The molecule has 0 radical (unpaired) electrons. The smallest absolute Gasteiger partial charge is 0.451 e. The summed E-state index contributed by atoms with van der Waals surface area (Å²) >= 11 is 5.92. The molecule has 6 rings (SSSR count). The number of ether oxygens (including phenoxy) is 1. The first-order chi connectivity index (χ1) is 16.9. The van der Waals surface area contributed by atoms with Crippen LogP contribution in [0.25, 0.3) is 11.0 Å². The molecule has 0 spiro atoms. The zero-order valence-corrected chi connectivity index (χ0v) is 19.7. The van der Waals surface area contributed by atoms with E-state index in [4.69, 9.17) is 16.0 Å². The molecule has 2 amide bonds. The second kappa shape index (κ2) is 8.74. The number of hydrogen-bond donors (Lipinski definition) is 3. The molecule has 12 heteroatoms. The monoisotopic (exact) mass is 528 g/mol. The third-order valence-electron chi connectivity index (χ3n) is 7.75. The normalized spacial score (nSPS) is 31.6. The Morgan fingerprint density at radius 1 is 1.11 bits per heavy atom. The molecule has 4 fully saturated rings. The Morgan fingerprint density at radius 3 is 2.44 bits per heavy atom. The lowest BCUT2D eigenvalue weighted by molar-refractivity contribution is -0.353. The van der Waals surface area contributed by atoms with Crippen LogP contribution >= 0.6 is 11.6 Å². The summed E-state index contributed by atoms with van der Waals surface area (Å²) in [5, 5.41) is 17.3. The van der Waals surface area contributed by atoms with Crippen LogP contribution in [0.5, 0.6) is 0 Å². The maximum atomic E-state index is 13.0. The van der Waals surface area contributed by atoms with Gasteiger partial charge < -0.3 is 20.2 Å². The number of nitrogens with one attached hydrogen (secondary N) is 2. The first kappa shape index (κ1) is 25.0. The predicted molar refractivity (Wildman–Crippen MR) is 121 cm³/mol. The van der Waals surface area contributed by atoms with Gasteiger partial charge in [0.05, 0.1) is 23.1 Å². The average molecular weight is 529 g/mol. The van der Waals surface area contributed by atoms with E-state index in [0.29, 0.717) is 30.7 Å². The number of rotatable bonds is 5. The Labute approximate surface area is 208 Å². The van der Waals surface area contributed by atoms with E-state index in [2.05, 4.69) is 15.4 Å². The van der Waals surface area contributed by atoms with Crippen LogP contribution < -0.4 is 16.1 Å². The van der Waals surface area contributed by atoms with Gasteiger partial charge in [-0.2, -0.15) is 0 Å². The standard InChI is InChI=1S/C24H24ClF3N2O6/c25-13-1-2-17-15(9-13)16(31)10-18(35-17)21(34)29-22-3-5-23(6-4-22,19(32)11-22)30-20(33)12-7-14(8-12)36-24(26,27)28/h1-2,9-10,12,14,19,32H,3-8,11H2,(H,29,34)(H,30,33)/t12?,14?,19-,22?,23?/m0/s1. The molecule has 4 saturated carbocycles. The molecule has 3 N–H and O–H groups in total. The number of alkyl halides is 3. The van der Waals surface area contributed by atoms with Crippen molar-refractivity contribution in [3.63, 3.8) is 0 Å². The van der Waals surface area contributed by atoms with Crippen LogP contribution in [0, 0.1) is 5.92 Å². The Hall–Kier alpha value is -2.63. The number of carbonyl (C=O) groups excluding carboxylic acids is 2. The lowest BCUT2D eigenvalue weighted by Gasteiger charge is -2.56. The van der Waals surface area contributed by atoms with Gasteiger partial charge in [0.25, 0.3) is 5.91 Å². The lowest BCUT2D eigenvalue weighted by Crippen LogP contribution is -2.70. The number of carbonyl (C=O) groups is 2. The van der Waals surface area contributed by atoms with Gasteiger partial charge in [-0.15, -0.1) is 13.2 Å². The Balaban J connectivity index is 1.22. The number of fused-ring (bicyclic) bond motifs is 4. The van der Waals surface area contributed by atoms with Crippen LogP contribution in [0.2, 0.25) is 5.02 Å². The van der Waals surface area contributed by atoms with Crippen LogP contribution in [0.15, 0.2) is 33.5 Å². The molecule has 4 aliphatic carbocycles. The van der Waals surface area contributed by atoms with Crippen molar-refractivity contribution in [1.29, 1.82) is 0 Å². The van der Waals surface area contributed by atoms with Crippen molar-refractivity contribution in [1.82, 2.24) is 10.6 Å². The molecule has 2 bridgehead atoms. The highest BCUT2D eigenvalue weighted by molar-refractivity contribution is 6.31. The summed E-state index contributed by atoms with van der Waals surface area (Å²) in [5.41, 5.74) is -1.82. The van der Waals surface area contributed by atoms with E-state index < -0.39 is 52.8 Å². The molecule has 4 aliphatic rings. The van der Waals surface area contributed by atoms with Gasteiger partial charge in [-0.3, -0.25) is 19.1 Å². The summed E-state index contributed by atoms with van der Waals surface area (Å²) in [6, 6.07) is 5.62. The van der Waals surface area contributed by atoms with Gasteiger partial charge in [-0.1, -0.05) is 11.6 Å². The highest BCUT2D eigenvalue weighted by atomic mass is 35.5. The van der Waals surface area contributed by atoms with Gasteiger partial charge in [-0.25, -0.2) is 0 Å². The van der Waals surface area contributed by atoms with E-state index in [1.165, 1.54) is 12.1 Å². The Bertz CT molecular complexity index is 1260. The highest BCUT2D eigenvalue weighted by Gasteiger charge is 2.56. The van der Waals surface area contributed by atoms with Gasteiger partial charge in [-0.05, 0) is 63.1 Å². The molecule has 2 aromatic rings. The van der Waals surface area contributed by atoms with Crippen molar-refractivity contribution in [2.75, 3.05) is 0 Å². The van der Waals surface area contributed by atoms with Crippen LogP contribution in [0.4, 0.5) is 13.2 Å². The Morgan fingerprint density at radius 2 is 1.81 bits per heavy atom. The van der Waals surface area contributed by atoms with E-state index >= 15 is 0 Å². The average Bonchev–Trinajstić information content (AvgIpc) is 2.77.